The Labute approximate surface area is 121 Å². The zero-order valence-corrected chi connectivity index (χ0v) is 12.0. The average Bonchev–Trinajstić information content (AvgIpc) is 2.89. The van der Waals surface area contributed by atoms with Gasteiger partial charge in [-0.15, -0.1) is 0 Å². The third-order valence-electron chi connectivity index (χ3n) is 3.89. The molecular weight excluding hydrogens is 278 g/mol. The molecule has 2 fully saturated rings. The van der Waals surface area contributed by atoms with Crippen LogP contribution >= 0.6 is 0 Å². The molecule has 1 aliphatic heterocycles. The maximum atomic E-state index is 11.9. The summed E-state index contributed by atoms with van der Waals surface area (Å²) in [6.07, 6.45) is 1.50. The summed E-state index contributed by atoms with van der Waals surface area (Å²) in [6.45, 7) is 2.79. The molecule has 0 aromatic rings. The molecule has 0 aromatic heterocycles. The highest BCUT2D eigenvalue weighted by Gasteiger charge is 2.45. The maximum Gasteiger partial charge on any atom is 0.325 e. The van der Waals surface area contributed by atoms with Crippen LogP contribution in [0.25, 0.3) is 0 Å². The third kappa shape index (κ3) is 3.14. The van der Waals surface area contributed by atoms with Crippen LogP contribution in [0.1, 0.15) is 33.1 Å². The van der Waals surface area contributed by atoms with Crippen molar-refractivity contribution in [3.05, 3.63) is 0 Å². The van der Waals surface area contributed by atoms with Gasteiger partial charge in [0.25, 0.3) is 5.91 Å². The van der Waals surface area contributed by atoms with Gasteiger partial charge in [0.15, 0.2) is 0 Å². The first-order valence-electron chi connectivity index (χ1n) is 6.87. The van der Waals surface area contributed by atoms with Gasteiger partial charge in [0.1, 0.15) is 12.1 Å². The molecule has 3 N–H and O–H groups in total. The van der Waals surface area contributed by atoms with Gasteiger partial charge in [-0.05, 0) is 33.1 Å². The first-order valence-corrected chi connectivity index (χ1v) is 6.87. The smallest absolute Gasteiger partial charge is 0.325 e. The fourth-order valence-electron chi connectivity index (χ4n) is 2.72. The number of aliphatic carboxylic acids is 1. The summed E-state index contributed by atoms with van der Waals surface area (Å²) < 4.78 is 0. The molecule has 8 nitrogen and oxygen atoms in total. The number of imide groups is 1. The van der Waals surface area contributed by atoms with Crippen molar-refractivity contribution in [3.8, 4) is 0 Å². The number of carbonyl (C=O) groups excluding carboxylic acids is 3. The lowest BCUT2D eigenvalue weighted by molar-refractivity contribution is -0.141. The van der Waals surface area contributed by atoms with E-state index in [1.807, 2.05) is 0 Å². The fourth-order valence-corrected chi connectivity index (χ4v) is 2.72. The quantitative estimate of drug-likeness (QED) is 0.615. The lowest BCUT2D eigenvalue weighted by Gasteiger charge is -2.17. The first kappa shape index (κ1) is 15.3. The Morgan fingerprint density at radius 2 is 2.05 bits per heavy atom. The minimum Gasteiger partial charge on any atom is -0.481 e. The molecule has 2 unspecified atom stereocenters. The number of nitrogens with one attached hydrogen (secondary N) is 2. The second-order valence-electron chi connectivity index (χ2n) is 6.06. The molecule has 0 bridgehead atoms. The van der Waals surface area contributed by atoms with Crippen molar-refractivity contribution in [2.75, 3.05) is 6.54 Å². The minimum atomic E-state index is -1.00. The molecule has 8 heteroatoms. The molecule has 1 saturated heterocycles. The highest BCUT2D eigenvalue weighted by atomic mass is 16.4. The van der Waals surface area contributed by atoms with Crippen molar-refractivity contribution < 1.29 is 24.3 Å². The summed E-state index contributed by atoms with van der Waals surface area (Å²) in [6, 6.07) is -0.803. The van der Waals surface area contributed by atoms with Gasteiger partial charge in [-0.25, -0.2) is 4.79 Å². The predicted molar refractivity (Wildman–Crippen MR) is 71.2 cm³/mol. The molecule has 1 heterocycles. The van der Waals surface area contributed by atoms with E-state index in [9.17, 15) is 19.2 Å². The van der Waals surface area contributed by atoms with Gasteiger partial charge in [0.2, 0.25) is 5.91 Å². The second-order valence-corrected chi connectivity index (χ2v) is 6.06. The number of urea groups is 1. The summed E-state index contributed by atoms with van der Waals surface area (Å²) in [4.78, 5) is 47.2. The SMILES string of the molecule is CC1(C)NC(=O)N(CC(=O)NC2CCC(C(=O)O)C2)C1=O. The van der Waals surface area contributed by atoms with Crippen molar-refractivity contribution in [2.45, 2.75) is 44.7 Å². The van der Waals surface area contributed by atoms with E-state index in [2.05, 4.69) is 10.6 Å². The van der Waals surface area contributed by atoms with Crippen molar-refractivity contribution in [2.24, 2.45) is 5.92 Å². The highest BCUT2D eigenvalue weighted by molar-refractivity contribution is 6.08. The van der Waals surface area contributed by atoms with Crippen molar-refractivity contribution in [1.82, 2.24) is 15.5 Å². The Kier molecular flexibility index (Phi) is 3.89. The van der Waals surface area contributed by atoms with Gasteiger partial charge in [-0.1, -0.05) is 0 Å². The van der Waals surface area contributed by atoms with E-state index in [0.717, 1.165) is 4.90 Å². The van der Waals surface area contributed by atoms with Gasteiger partial charge in [0, 0.05) is 6.04 Å². The van der Waals surface area contributed by atoms with Crippen LogP contribution in [0.3, 0.4) is 0 Å². The van der Waals surface area contributed by atoms with Crippen LogP contribution in [-0.4, -0.2) is 51.9 Å². The number of amides is 4. The van der Waals surface area contributed by atoms with E-state index in [4.69, 9.17) is 5.11 Å². The lowest BCUT2D eigenvalue weighted by Crippen LogP contribution is -2.45. The molecule has 21 heavy (non-hydrogen) atoms. The zero-order chi connectivity index (χ0) is 15.8. The molecule has 0 aromatic carbocycles. The van der Waals surface area contributed by atoms with Crippen molar-refractivity contribution in [3.63, 3.8) is 0 Å². The number of carboxylic acids is 1. The molecule has 2 atom stereocenters. The minimum absolute atomic E-state index is 0.215. The van der Waals surface area contributed by atoms with E-state index in [1.165, 1.54) is 0 Å². The Morgan fingerprint density at radius 1 is 1.38 bits per heavy atom. The molecule has 1 saturated carbocycles. The lowest BCUT2D eigenvalue weighted by atomic mass is 10.1. The predicted octanol–water partition coefficient (Wildman–Crippen LogP) is -0.314. The fraction of sp³-hybridized carbons (Fsp3) is 0.692. The van der Waals surface area contributed by atoms with Crippen LogP contribution in [0, 0.1) is 5.92 Å². The van der Waals surface area contributed by atoms with Gasteiger partial charge in [-0.3, -0.25) is 19.3 Å². The summed E-state index contributed by atoms with van der Waals surface area (Å²) in [5.74, 6) is -2.20. The number of nitrogens with zero attached hydrogens (tertiary/aromatic N) is 1. The maximum absolute atomic E-state index is 11.9. The number of rotatable bonds is 4. The molecule has 1 aliphatic carbocycles. The van der Waals surface area contributed by atoms with Crippen LogP contribution < -0.4 is 10.6 Å². The zero-order valence-electron chi connectivity index (χ0n) is 12.0. The summed E-state index contributed by atoms with van der Waals surface area (Å²) in [5.41, 5.74) is -1.00. The third-order valence-corrected chi connectivity index (χ3v) is 3.89. The van der Waals surface area contributed by atoms with Crippen LogP contribution in [0.15, 0.2) is 0 Å². The highest BCUT2D eigenvalue weighted by Crippen LogP contribution is 2.25. The van der Waals surface area contributed by atoms with Crippen molar-refractivity contribution in [1.29, 1.82) is 0 Å². The second kappa shape index (κ2) is 5.34. The van der Waals surface area contributed by atoms with Crippen LogP contribution in [-0.2, 0) is 14.4 Å². The monoisotopic (exact) mass is 297 g/mol. The normalized spacial score (nSPS) is 27.6. The first-order chi connectivity index (χ1) is 9.70. The topological polar surface area (TPSA) is 116 Å². The largest absolute Gasteiger partial charge is 0.481 e. The average molecular weight is 297 g/mol. The number of hydrogen-bond donors (Lipinski definition) is 3. The summed E-state index contributed by atoms with van der Waals surface area (Å²) >= 11 is 0. The van der Waals surface area contributed by atoms with E-state index < -0.39 is 35.3 Å². The summed E-state index contributed by atoms with van der Waals surface area (Å²) in [5, 5.41) is 14.1. The van der Waals surface area contributed by atoms with E-state index in [0.29, 0.717) is 19.3 Å². The number of carboxylic acid groups (broad SMARTS) is 1. The van der Waals surface area contributed by atoms with E-state index >= 15 is 0 Å². The standard InChI is InChI=1S/C13H19N3O5/c1-13(2)11(20)16(12(21)15-13)6-9(17)14-8-4-3-7(5-8)10(18)19/h7-8H,3-6H2,1-2H3,(H,14,17)(H,15,21)(H,18,19). The summed E-state index contributed by atoms with van der Waals surface area (Å²) in [7, 11) is 0. The molecule has 2 aliphatic rings. The number of hydrogen-bond acceptors (Lipinski definition) is 4. The van der Waals surface area contributed by atoms with Crippen LogP contribution in [0.5, 0.6) is 0 Å². The van der Waals surface area contributed by atoms with Gasteiger partial charge >= 0.3 is 12.0 Å². The Morgan fingerprint density at radius 3 is 2.52 bits per heavy atom. The Bertz CT molecular complexity index is 502. The molecule has 4 amide bonds. The van der Waals surface area contributed by atoms with E-state index in [-0.39, 0.29) is 12.6 Å². The van der Waals surface area contributed by atoms with Crippen LogP contribution in [0.2, 0.25) is 0 Å². The van der Waals surface area contributed by atoms with E-state index in [1.54, 1.807) is 13.8 Å². The molecular formula is C13H19N3O5. The Balaban J connectivity index is 1.87. The van der Waals surface area contributed by atoms with Crippen LogP contribution in [0.4, 0.5) is 4.79 Å². The molecule has 116 valence electrons. The number of carbonyl (C=O) groups is 4. The molecule has 0 spiro atoms. The molecule has 0 radical (unpaired) electrons. The van der Waals surface area contributed by atoms with Crippen molar-refractivity contribution >= 4 is 23.8 Å². The molecule has 2 rings (SSSR count). The van der Waals surface area contributed by atoms with Gasteiger partial charge in [0.05, 0.1) is 5.92 Å². The Hall–Kier alpha value is -2.12. The van der Waals surface area contributed by atoms with Gasteiger partial charge < -0.3 is 15.7 Å². The van der Waals surface area contributed by atoms with Gasteiger partial charge in [-0.2, -0.15) is 0 Å².